The molecule has 3 aromatic rings. The summed E-state index contributed by atoms with van der Waals surface area (Å²) >= 11 is 0. The predicted octanol–water partition coefficient (Wildman–Crippen LogP) is 5.18. The molecule has 0 saturated carbocycles. The number of halogens is 3. The molecular formula is C19H17F3N2O. The molecule has 3 nitrogen and oxygen atoms in total. The van der Waals surface area contributed by atoms with E-state index in [2.05, 4.69) is 5.10 Å². The van der Waals surface area contributed by atoms with Crippen molar-refractivity contribution >= 4 is 0 Å². The summed E-state index contributed by atoms with van der Waals surface area (Å²) in [5, 5.41) is 4.22. The second-order valence-electron chi connectivity index (χ2n) is 5.85. The van der Waals surface area contributed by atoms with Crippen LogP contribution in [-0.4, -0.2) is 16.9 Å². The fourth-order valence-corrected chi connectivity index (χ4v) is 2.73. The van der Waals surface area contributed by atoms with E-state index in [9.17, 15) is 13.2 Å². The van der Waals surface area contributed by atoms with Gasteiger partial charge in [0.25, 0.3) is 0 Å². The van der Waals surface area contributed by atoms with Gasteiger partial charge in [0.15, 0.2) is 0 Å². The molecule has 0 radical (unpaired) electrons. The molecule has 25 heavy (non-hydrogen) atoms. The Kier molecular flexibility index (Phi) is 4.29. The van der Waals surface area contributed by atoms with E-state index < -0.39 is 11.9 Å². The summed E-state index contributed by atoms with van der Waals surface area (Å²) in [6.45, 7) is 3.67. The van der Waals surface area contributed by atoms with Crippen LogP contribution in [0.15, 0.2) is 48.5 Å². The van der Waals surface area contributed by atoms with Crippen LogP contribution in [0, 0.1) is 13.8 Å². The highest BCUT2D eigenvalue weighted by Crippen LogP contribution is 2.35. The van der Waals surface area contributed by atoms with Crippen LogP contribution in [0.3, 0.4) is 0 Å². The first-order valence-electron chi connectivity index (χ1n) is 7.69. The van der Waals surface area contributed by atoms with E-state index in [1.165, 1.54) is 7.11 Å². The van der Waals surface area contributed by atoms with Gasteiger partial charge in [-0.15, -0.1) is 0 Å². The van der Waals surface area contributed by atoms with Gasteiger partial charge in [-0.05, 0) is 43.7 Å². The molecule has 130 valence electrons. The number of aryl methyl sites for hydroxylation is 2. The zero-order chi connectivity index (χ0) is 18.2. The molecule has 0 fully saturated rings. The van der Waals surface area contributed by atoms with Crippen molar-refractivity contribution in [1.82, 2.24) is 9.78 Å². The monoisotopic (exact) mass is 346 g/mol. The maximum Gasteiger partial charge on any atom is 0.433 e. The summed E-state index contributed by atoms with van der Waals surface area (Å²) in [4.78, 5) is 0. The van der Waals surface area contributed by atoms with E-state index in [0.29, 0.717) is 17.0 Å². The molecule has 0 atom stereocenters. The van der Waals surface area contributed by atoms with Crippen LogP contribution in [0.5, 0.6) is 5.75 Å². The van der Waals surface area contributed by atoms with Crippen molar-refractivity contribution in [2.75, 3.05) is 7.11 Å². The van der Waals surface area contributed by atoms with Crippen LogP contribution >= 0.6 is 0 Å². The zero-order valence-corrected chi connectivity index (χ0v) is 14.1. The average molecular weight is 346 g/mol. The fraction of sp³-hybridized carbons (Fsp3) is 0.211. The zero-order valence-electron chi connectivity index (χ0n) is 14.1. The number of methoxy groups -OCH3 is 1. The summed E-state index contributed by atoms with van der Waals surface area (Å²) in [5.41, 5.74) is 2.12. The van der Waals surface area contributed by atoms with Crippen molar-refractivity contribution < 1.29 is 17.9 Å². The van der Waals surface area contributed by atoms with Gasteiger partial charge in [0, 0.05) is 5.56 Å². The van der Waals surface area contributed by atoms with Crippen molar-refractivity contribution in [3.05, 3.63) is 65.4 Å². The van der Waals surface area contributed by atoms with Crippen molar-refractivity contribution in [3.63, 3.8) is 0 Å². The number of rotatable bonds is 3. The normalized spacial score (nSPS) is 11.6. The van der Waals surface area contributed by atoms with E-state index in [4.69, 9.17) is 4.74 Å². The van der Waals surface area contributed by atoms with Gasteiger partial charge in [-0.25, -0.2) is 4.68 Å². The van der Waals surface area contributed by atoms with Gasteiger partial charge in [-0.2, -0.15) is 18.3 Å². The molecule has 6 heteroatoms. The van der Waals surface area contributed by atoms with Crippen molar-refractivity contribution in [1.29, 1.82) is 0 Å². The number of hydrogen-bond donors (Lipinski definition) is 0. The second-order valence-corrected chi connectivity index (χ2v) is 5.85. The van der Waals surface area contributed by atoms with Crippen LogP contribution in [-0.2, 0) is 6.18 Å². The minimum absolute atomic E-state index is 0.242. The Morgan fingerprint density at radius 1 is 1.00 bits per heavy atom. The van der Waals surface area contributed by atoms with Gasteiger partial charge in [0.2, 0.25) is 0 Å². The summed E-state index contributed by atoms with van der Waals surface area (Å²) in [7, 11) is 1.51. The summed E-state index contributed by atoms with van der Waals surface area (Å²) < 4.78 is 46.7. The third kappa shape index (κ3) is 3.38. The number of nitrogens with zero attached hydrogens (tertiary/aromatic N) is 2. The van der Waals surface area contributed by atoms with Crippen LogP contribution in [0.25, 0.3) is 16.9 Å². The quantitative estimate of drug-likeness (QED) is 0.653. The lowest BCUT2D eigenvalue weighted by molar-refractivity contribution is -0.142. The molecule has 0 bridgehead atoms. The van der Waals surface area contributed by atoms with Gasteiger partial charge >= 0.3 is 6.18 Å². The van der Waals surface area contributed by atoms with Crippen LogP contribution in [0.1, 0.15) is 16.8 Å². The van der Waals surface area contributed by atoms with E-state index >= 15 is 0 Å². The number of alkyl halides is 3. The highest BCUT2D eigenvalue weighted by Gasteiger charge is 2.36. The number of benzene rings is 2. The lowest BCUT2D eigenvalue weighted by Gasteiger charge is -2.12. The number of aromatic nitrogens is 2. The Morgan fingerprint density at radius 3 is 2.40 bits per heavy atom. The predicted molar refractivity (Wildman–Crippen MR) is 90.0 cm³/mol. The molecule has 1 aromatic heterocycles. The van der Waals surface area contributed by atoms with Crippen LogP contribution in [0.2, 0.25) is 0 Å². The molecule has 0 unspecified atom stereocenters. The molecule has 0 aliphatic carbocycles. The summed E-state index contributed by atoms with van der Waals surface area (Å²) in [6, 6.07) is 13.1. The Morgan fingerprint density at radius 2 is 1.76 bits per heavy atom. The molecule has 0 saturated heterocycles. The van der Waals surface area contributed by atoms with Crippen LogP contribution < -0.4 is 4.74 Å². The fourth-order valence-electron chi connectivity index (χ4n) is 2.73. The van der Waals surface area contributed by atoms with Crippen LogP contribution in [0.4, 0.5) is 13.2 Å². The molecule has 2 aromatic carbocycles. The lowest BCUT2D eigenvalue weighted by atomic mass is 10.1. The van der Waals surface area contributed by atoms with Crippen molar-refractivity contribution in [2.45, 2.75) is 20.0 Å². The molecule has 3 rings (SSSR count). The third-order valence-corrected chi connectivity index (χ3v) is 3.95. The standard InChI is InChI=1S/C19H17F3N2O/c1-12-7-8-17(13(2)9-12)24-18(19(20,21)22)11-16(23-24)14-5-4-6-15(10-14)25-3/h4-11H,1-3H3. The summed E-state index contributed by atoms with van der Waals surface area (Å²) in [5.74, 6) is 0.562. The number of hydrogen-bond acceptors (Lipinski definition) is 2. The maximum absolute atomic E-state index is 13.5. The van der Waals surface area contributed by atoms with Gasteiger partial charge in [-0.1, -0.05) is 29.8 Å². The van der Waals surface area contributed by atoms with Crippen molar-refractivity contribution in [2.24, 2.45) is 0 Å². The molecule has 1 heterocycles. The first-order chi connectivity index (χ1) is 11.8. The van der Waals surface area contributed by atoms with E-state index in [1.54, 1.807) is 43.3 Å². The summed E-state index contributed by atoms with van der Waals surface area (Å²) in [6.07, 6.45) is -4.51. The number of ether oxygens (including phenoxy) is 1. The minimum Gasteiger partial charge on any atom is -0.497 e. The van der Waals surface area contributed by atoms with E-state index in [0.717, 1.165) is 21.9 Å². The SMILES string of the molecule is COc1cccc(-c2cc(C(F)(F)F)n(-c3ccc(C)cc3C)n2)c1. The molecule has 0 aliphatic rings. The lowest BCUT2D eigenvalue weighted by Crippen LogP contribution is -2.14. The Balaban J connectivity index is 2.19. The molecule has 0 spiro atoms. The first-order valence-corrected chi connectivity index (χ1v) is 7.69. The average Bonchev–Trinajstić information content (AvgIpc) is 3.00. The smallest absolute Gasteiger partial charge is 0.433 e. The topological polar surface area (TPSA) is 27.1 Å². The van der Waals surface area contributed by atoms with Crippen molar-refractivity contribution in [3.8, 4) is 22.7 Å². The molecule has 0 aliphatic heterocycles. The Labute approximate surface area is 143 Å². The highest BCUT2D eigenvalue weighted by atomic mass is 19.4. The minimum atomic E-state index is -4.51. The van der Waals surface area contributed by atoms with Gasteiger partial charge in [0.1, 0.15) is 11.4 Å². The van der Waals surface area contributed by atoms with Gasteiger partial charge < -0.3 is 4.74 Å². The molecule has 0 N–H and O–H groups in total. The van der Waals surface area contributed by atoms with E-state index in [-0.39, 0.29) is 5.69 Å². The second kappa shape index (κ2) is 6.27. The van der Waals surface area contributed by atoms with Gasteiger partial charge in [-0.3, -0.25) is 0 Å². The highest BCUT2D eigenvalue weighted by molar-refractivity contribution is 5.62. The van der Waals surface area contributed by atoms with E-state index in [1.807, 2.05) is 13.0 Å². The maximum atomic E-state index is 13.5. The molecule has 0 amide bonds. The molecular weight excluding hydrogens is 329 g/mol. The largest absolute Gasteiger partial charge is 0.497 e. The Bertz CT molecular complexity index is 913. The first kappa shape index (κ1) is 17.1. The Hall–Kier alpha value is -2.76. The van der Waals surface area contributed by atoms with Gasteiger partial charge in [0.05, 0.1) is 18.5 Å². The third-order valence-electron chi connectivity index (χ3n) is 3.95.